The van der Waals surface area contributed by atoms with Gasteiger partial charge in [-0.15, -0.1) is 11.3 Å². The van der Waals surface area contributed by atoms with Crippen molar-refractivity contribution in [2.75, 3.05) is 13.7 Å². The molecule has 0 fully saturated rings. The summed E-state index contributed by atoms with van der Waals surface area (Å²) >= 11 is 1.40. The fourth-order valence-electron chi connectivity index (χ4n) is 2.20. The Bertz CT molecular complexity index is 697. The van der Waals surface area contributed by atoms with Gasteiger partial charge in [-0.05, 0) is 32.0 Å². The molecule has 0 aliphatic rings. The van der Waals surface area contributed by atoms with Crippen LogP contribution in [0.1, 0.15) is 33.1 Å². The summed E-state index contributed by atoms with van der Waals surface area (Å²) in [5.74, 6) is 0.242. The average Bonchev–Trinajstić information content (AvgIpc) is 2.99. The SMILES string of the molecule is COc1ccccc1[C@@H](C)NC(=O)CNC(=O)c1ccc(C)s1. The van der Waals surface area contributed by atoms with Gasteiger partial charge in [-0.2, -0.15) is 0 Å². The third-order valence-corrected chi connectivity index (χ3v) is 4.36. The Hall–Kier alpha value is -2.34. The van der Waals surface area contributed by atoms with Crippen LogP contribution in [0.5, 0.6) is 5.75 Å². The average molecular weight is 332 g/mol. The largest absolute Gasteiger partial charge is 0.496 e. The molecule has 0 unspecified atom stereocenters. The van der Waals surface area contributed by atoms with E-state index in [0.717, 1.165) is 16.2 Å². The lowest BCUT2D eigenvalue weighted by Gasteiger charge is -2.17. The molecule has 6 heteroatoms. The number of rotatable bonds is 6. The summed E-state index contributed by atoms with van der Waals surface area (Å²) in [6.45, 7) is 3.75. The third kappa shape index (κ3) is 4.56. The number of carbonyl (C=O) groups excluding carboxylic acids is 2. The van der Waals surface area contributed by atoms with Crippen LogP contribution in [0.3, 0.4) is 0 Å². The molecule has 0 radical (unpaired) electrons. The molecule has 0 spiro atoms. The second kappa shape index (κ2) is 7.78. The summed E-state index contributed by atoms with van der Waals surface area (Å²) in [5, 5.41) is 5.48. The number of thiophene rings is 1. The van der Waals surface area contributed by atoms with Crippen LogP contribution in [0.4, 0.5) is 0 Å². The van der Waals surface area contributed by atoms with E-state index in [-0.39, 0.29) is 24.4 Å². The molecule has 1 aromatic carbocycles. The number of carbonyl (C=O) groups is 2. The number of hydrogen-bond donors (Lipinski definition) is 2. The number of hydrogen-bond acceptors (Lipinski definition) is 4. The molecule has 0 saturated heterocycles. The maximum atomic E-state index is 12.0. The number of para-hydroxylation sites is 1. The van der Waals surface area contributed by atoms with Gasteiger partial charge in [0.25, 0.3) is 5.91 Å². The van der Waals surface area contributed by atoms with Crippen LogP contribution in [0.25, 0.3) is 0 Å². The minimum Gasteiger partial charge on any atom is -0.496 e. The highest BCUT2D eigenvalue weighted by molar-refractivity contribution is 7.13. The standard InChI is InChI=1S/C17H20N2O3S/c1-11-8-9-15(23-11)17(21)18-10-16(20)19-12(2)13-6-4-5-7-14(13)22-3/h4-9,12H,10H2,1-3H3,(H,18,21)(H,19,20)/t12-/m1/s1. The van der Waals surface area contributed by atoms with Crippen LogP contribution in [0.2, 0.25) is 0 Å². The molecular formula is C17H20N2O3S. The summed E-state index contributed by atoms with van der Waals surface area (Å²) in [7, 11) is 1.59. The van der Waals surface area contributed by atoms with Crippen molar-refractivity contribution in [2.24, 2.45) is 0 Å². The van der Waals surface area contributed by atoms with Crippen LogP contribution in [-0.4, -0.2) is 25.5 Å². The van der Waals surface area contributed by atoms with Gasteiger partial charge in [0.2, 0.25) is 5.91 Å². The fourth-order valence-corrected chi connectivity index (χ4v) is 2.98. The Morgan fingerprint density at radius 3 is 2.61 bits per heavy atom. The zero-order chi connectivity index (χ0) is 16.8. The molecule has 0 aliphatic carbocycles. The van der Waals surface area contributed by atoms with Gasteiger partial charge in [0.05, 0.1) is 24.6 Å². The lowest BCUT2D eigenvalue weighted by molar-refractivity contribution is -0.120. The molecule has 2 amide bonds. The highest BCUT2D eigenvalue weighted by Crippen LogP contribution is 2.24. The van der Waals surface area contributed by atoms with Crippen molar-refractivity contribution in [2.45, 2.75) is 19.9 Å². The van der Waals surface area contributed by atoms with Crippen molar-refractivity contribution < 1.29 is 14.3 Å². The fraction of sp³-hybridized carbons (Fsp3) is 0.294. The Morgan fingerprint density at radius 2 is 1.96 bits per heavy atom. The number of amides is 2. The second-order valence-corrected chi connectivity index (χ2v) is 6.41. The lowest BCUT2D eigenvalue weighted by atomic mass is 10.1. The minimum absolute atomic E-state index is 0.0602. The van der Waals surface area contributed by atoms with Gasteiger partial charge in [-0.3, -0.25) is 9.59 Å². The lowest BCUT2D eigenvalue weighted by Crippen LogP contribution is -2.37. The van der Waals surface area contributed by atoms with Crippen molar-refractivity contribution in [3.8, 4) is 5.75 Å². The Labute approximate surface area is 139 Å². The topological polar surface area (TPSA) is 67.4 Å². The van der Waals surface area contributed by atoms with Gasteiger partial charge in [-0.1, -0.05) is 18.2 Å². The smallest absolute Gasteiger partial charge is 0.261 e. The second-order valence-electron chi connectivity index (χ2n) is 5.12. The van der Waals surface area contributed by atoms with E-state index in [1.54, 1.807) is 13.2 Å². The molecule has 1 atom stereocenters. The summed E-state index contributed by atoms with van der Waals surface area (Å²) in [4.78, 5) is 25.6. The molecule has 122 valence electrons. The van der Waals surface area contributed by atoms with Gasteiger partial charge in [0.1, 0.15) is 5.75 Å². The maximum absolute atomic E-state index is 12.0. The quantitative estimate of drug-likeness (QED) is 0.854. The number of benzene rings is 1. The third-order valence-electron chi connectivity index (χ3n) is 3.36. The molecule has 0 aliphatic heterocycles. The van der Waals surface area contributed by atoms with E-state index in [9.17, 15) is 9.59 Å². The van der Waals surface area contributed by atoms with Gasteiger partial charge in [0, 0.05) is 10.4 Å². The van der Waals surface area contributed by atoms with E-state index >= 15 is 0 Å². The van der Waals surface area contributed by atoms with Crippen LogP contribution in [0, 0.1) is 6.92 Å². The molecule has 1 aromatic heterocycles. The van der Waals surface area contributed by atoms with Crippen molar-refractivity contribution in [3.05, 3.63) is 51.7 Å². The number of ether oxygens (including phenoxy) is 1. The van der Waals surface area contributed by atoms with E-state index in [2.05, 4.69) is 10.6 Å². The van der Waals surface area contributed by atoms with E-state index in [1.807, 2.05) is 44.2 Å². The molecule has 5 nitrogen and oxygen atoms in total. The van der Waals surface area contributed by atoms with Crippen LogP contribution >= 0.6 is 11.3 Å². The monoisotopic (exact) mass is 332 g/mol. The van der Waals surface area contributed by atoms with E-state index in [4.69, 9.17) is 4.74 Å². The number of aryl methyl sites for hydroxylation is 1. The Balaban J connectivity index is 1.88. The molecule has 2 rings (SSSR count). The van der Waals surface area contributed by atoms with Crippen molar-refractivity contribution in [3.63, 3.8) is 0 Å². The first-order valence-corrected chi connectivity index (χ1v) is 8.10. The summed E-state index contributed by atoms with van der Waals surface area (Å²) < 4.78 is 5.29. The first-order valence-electron chi connectivity index (χ1n) is 7.28. The normalized spacial score (nSPS) is 11.6. The molecule has 23 heavy (non-hydrogen) atoms. The van der Waals surface area contributed by atoms with Crippen LogP contribution in [-0.2, 0) is 4.79 Å². The summed E-state index contributed by atoms with van der Waals surface area (Å²) in [5.41, 5.74) is 0.892. The molecule has 0 saturated carbocycles. The first-order chi connectivity index (χ1) is 11.0. The minimum atomic E-state index is -0.245. The van der Waals surface area contributed by atoms with Crippen molar-refractivity contribution in [1.29, 1.82) is 0 Å². The number of nitrogens with one attached hydrogen (secondary N) is 2. The summed E-state index contributed by atoms with van der Waals surface area (Å²) in [6.07, 6.45) is 0. The highest BCUT2D eigenvalue weighted by Gasteiger charge is 2.15. The molecular weight excluding hydrogens is 312 g/mol. The maximum Gasteiger partial charge on any atom is 0.261 e. The summed E-state index contributed by atoms with van der Waals surface area (Å²) in [6, 6.07) is 10.9. The van der Waals surface area contributed by atoms with Crippen molar-refractivity contribution in [1.82, 2.24) is 10.6 Å². The van der Waals surface area contributed by atoms with Gasteiger partial charge < -0.3 is 15.4 Å². The Kier molecular flexibility index (Phi) is 5.76. The Morgan fingerprint density at radius 1 is 1.22 bits per heavy atom. The molecule has 2 aromatic rings. The van der Waals surface area contributed by atoms with Crippen LogP contribution in [0.15, 0.2) is 36.4 Å². The molecule has 2 N–H and O–H groups in total. The first kappa shape index (κ1) is 17.0. The van der Waals surface area contributed by atoms with Gasteiger partial charge >= 0.3 is 0 Å². The molecule has 0 bridgehead atoms. The predicted octanol–water partition coefficient (Wildman–Crippen LogP) is 2.67. The highest BCUT2D eigenvalue weighted by atomic mass is 32.1. The number of methoxy groups -OCH3 is 1. The van der Waals surface area contributed by atoms with E-state index in [1.165, 1.54) is 11.3 Å². The van der Waals surface area contributed by atoms with E-state index < -0.39 is 0 Å². The predicted molar refractivity (Wildman–Crippen MR) is 90.9 cm³/mol. The molecule has 1 heterocycles. The zero-order valence-corrected chi connectivity index (χ0v) is 14.2. The van der Waals surface area contributed by atoms with Crippen LogP contribution < -0.4 is 15.4 Å². The van der Waals surface area contributed by atoms with Crippen molar-refractivity contribution >= 4 is 23.2 Å². The van der Waals surface area contributed by atoms with Gasteiger partial charge in [0.15, 0.2) is 0 Å². The van der Waals surface area contributed by atoms with Gasteiger partial charge in [-0.25, -0.2) is 0 Å². The zero-order valence-electron chi connectivity index (χ0n) is 13.4. The van der Waals surface area contributed by atoms with E-state index in [0.29, 0.717) is 4.88 Å².